The van der Waals surface area contributed by atoms with Crippen molar-refractivity contribution in [2.24, 2.45) is 0 Å². The Morgan fingerprint density at radius 3 is 2.35 bits per heavy atom. The standard InChI is InChI=1S/C17H15F3N2O3S/c1-11-3-2-4-13-10-22(16(23)15(11)13)9-12-5-7-14(8-6-12)21-26(24,25)17(18,19)20/h2-8,21H,9-10H2,1H3. The number of aryl methyl sites for hydroxylation is 1. The number of amides is 1. The van der Waals surface area contributed by atoms with E-state index in [0.717, 1.165) is 11.1 Å². The van der Waals surface area contributed by atoms with Gasteiger partial charge in [0.1, 0.15) is 0 Å². The second-order valence-electron chi connectivity index (χ2n) is 6.02. The largest absolute Gasteiger partial charge is 0.516 e. The lowest BCUT2D eigenvalue weighted by atomic mass is 10.0. The van der Waals surface area contributed by atoms with Crippen molar-refractivity contribution < 1.29 is 26.4 Å². The van der Waals surface area contributed by atoms with Crippen molar-refractivity contribution in [2.75, 3.05) is 4.72 Å². The average molecular weight is 384 g/mol. The third-order valence-electron chi connectivity index (χ3n) is 4.11. The fourth-order valence-corrected chi connectivity index (χ4v) is 3.40. The topological polar surface area (TPSA) is 66.5 Å². The van der Waals surface area contributed by atoms with E-state index in [0.29, 0.717) is 17.7 Å². The van der Waals surface area contributed by atoms with Gasteiger partial charge >= 0.3 is 15.5 Å². The molecule has 9 heteroatoms. The van der Waals surface area contributed by atoms with Crippen LogP contribution in [0.15, 0.2) is 42.5 Å². The number of carbonyl (C=O) groups is 1. The summed E-state index contributed by atoms with van der Waals surface area (Å²) >= 11 is 0. The molecule has 0 spiro atoms. The lowest BCUT2D eigenvalue weighted by Gasteiger charge is -2.16. The van der Waals surface area contributed by atoms with Gasteiger partial charge in [0.25, 0.3) is 5.91 Å². The third-order valence-corrected chi connectivity index (χ3v) is 5.22. The second kappa shape index (κ2) is 6.31. The predicted octanol–water partition coefficient (Wildman–Crippen LogP) is 3.41. The molecule has 2 aromatic rings. The Balaban J connectivity index is 1.72. The zero-order valence-corrected chi connectivity index (χ0v) is 14.5. The minimum atomic E-state index is -5.45. The molecule has 3 rings (SSSR count). The van der Waals surface area contributed by atoms with E-state index in [1.54, 1.807) is 4.90 Å². The van der Waals surface area contributed by atoms with Crippen LogP contribution >= 0.6 is 0 Å². The number of halogens is 3. The molecule has 0 unspecified atom stereocenters. The van der Waals surface area contributed by atoms with Gasteiger partial charge in [-0.2, -0.15) is 21.6 Å². The summed E-state index contributed by atoms with van der Waals surface area (Å²) in [4.78, 5) is 14.1. The Morgan fingerprint density at radius 1 is 1.12 bits per heavy atom. The van der Waals surface area contributed by atoms with E-state index >= 15 is 0 Å². The molecular formula is C17H15F3N2O3S. The quantitative estimate of drug-likeness (QED) is 0.879. The molecule has 0 saturated heterocycles. The maximum atomic E-state index is 12.5. The van der Waals surface area contributed by atoms with Crippen molar-refractivity contribution in [1.29, 1.82) is 0 Å². The molecule has 2 aromatic carbocycles. The molecule has 5 nitrogen and oxygen atoms in total. The Hall–Kier alpha value is -2.55. The fraction of sp³-hybridized carbons (Fsp3) is 0.235. The van der Waals surface area contributed by atoms with E-state index < -0.39 is 15.5 Å². The number of nitrogens with one attached hydrogen (secondary N) is 1. The van der Waals surface area contributed by atoms with Crippen LogP contribution in [-0.4, -0.2) is 24.7 Å². The van der Waals surface area contributed by atoms with Crippen molar-refractivity contribution in [3.8, 4) is 0 Å². The molecule has 0 atom stereocenters. The van der Waals surface area contributed by atoms with Crippen LogP contribution in [0.4, 0.5) is 18.9 Å². The van der Waals surface area contributed by atoms with Crippen LogP contribution in [0.2, 0.25) is 0 Å². The fourth-order valence-electron chi connectivity index (χ4n) is 2.84. The summed E-state index contributed by atoms with van der Waals surface area (Å²) in [7, 11) is -5.45. The number of hydrogen-bond acceptors (Lipinski definition) is 3. The molecule has 1 aliphatic heterocycles. The normalized spacial score (nSPS) is 14.5. The summed E-state index contributed by atoms with van der Waals surface area (Å²) in [6, 6.07) is 11.1. The van der Waals surface area contributed by atoms with Gasteiger partial charge in [0.15, 0.2) is 0 Å². The first-order valence-corrected chi connectivity index (χ1v) is 9.12. The summed E-state index contributed by atoms with van der Waals surface area (Å²) in [6.45, 7) is 2.60. The minimum absolute atomic E-state index is 0.0973. The van der Waals surface area contributed by atoms with Crippen LogP contribution in [0.25, 0.3) is 0 Å². The number of carbonyl (C=O) groups excluding carboxylic acids is 1. The first-order valence-electron chi connectivity index (χ1n) is 7.64. The van der Waals surface area contributed by atoms with Gasteiger partial charge in [-0.25, -0.2) is 0 Å². The summed E-state index contributed by atoms with van der Waals surface area (Å²) < 4.78 is 60.8. The van der Waals surface area contributed by atoms with Gasteiger partial charge in [-0.1, -0.05) is 30.3 Å². The molecule has 0 aliphatic carbocycles. The highest BCUT2D eigenvalue weighted by molar-refractivity contribution is 7.93. The molecule has 0 fully saturated rings. The van der Waals surface area contributed by atoms with E-state index in [9.17, 15) is 26.4 Å². The predicted molar refractivity (Wildman–Crippen MR) is 89.8 cm³/mol. The van der Waals surface area contributed by atoms with Crippen LogP contribution in [0.1, 0.15) is 27.0 Å². The Bertz CT molecular complexity index is 954. The molecule has 0 saturated carbocycles. The summed E-state index contributed by atoms with van der Waals surface area (Å²) in [5.74, 6) is -0.0973. The van der Waals surface area contributed by atoms with Crippen LogP contribution in [-0.2, 0) is 23.1 Å². The van der Waals surface area contributed by atoms with Crippen LogP contribution in [0.5, 0.6) is 0 Å². The molecule has 138 valence electrons. The van der Waals surface area contributed by atoms with Gasteiger partial charge in [-0.15, -0.1) is 0 Å². The molecule has 1 N–H and O–H groups in total. The SMILES string of the molecule is Cc1cccc2c1C(=O)N(Cc1ccc(NS(=O)(=O)C(F)(F)F)cc1)C2. The number of alkyl halides is 3. The van der Waals surface area contributed by atoms with E-state index in [-0.39, 0.29) is 18.1 Å². The van der Waals surface area contributed by atoms with Crippen molar-refractivity contribution >= 4 is 21.6 Å². The zero-order valence-electron chi connectivity index (χ0n) is 13.7. The Kier molecular flexibility index (Phi) is 4.43. The van der Waals surface area contributed by atoms with Crippen LogP contribution in [0.3, 0.4) is 0 Å². The van der Waals surface area contributed by atoms with Gasteiger partial charge in [-0.05, 0) is 35.7 Å². The minimum Gasteiger partial charge on any atom is -0.330 e. The molecular weight excluding hydrogens is 369 g/mol. The molecule has 0 bridgehead atoms. The monoisotopic (exact) mass is 384 g/mol. The first-order chi connectivity index (χ1) is 12.1. The average Bonchev–Trinajstić information content (AvgIpc) is 2.85. The van der Waals surface area contributed by atoms with Gasteiger partial charge in [-0.3, -0.25) is 9.52 Å². The van der Waals surface area contributed by atoms with Gasteiger partial charge in [0.2, 0.25) is 0 Å². The summed E-state index contributed by atoms with van der Waals surface area (Å²) in [6.07, 6.45) is 0. The van der Waals surface area contributed by atoms with Gasteiger partial charge in [0.05, 0.1) is 0 Å². The maximum absolute atomic E-state index is 12.5. The number of sulfonamides is 1. The Morgan fingerprint density at radius 2 is 1.77 bits per heavy atom. The smallest absolute Gasteiger partial charge is 0.330 e. The molecule has 0 radical (unpaired) electrons. The number of rotatable bonds is 4. The molecule has 1 aliphatic rings. The van der Waals surface area contributed by atoms with Gasteiger partial charge in [0, 0.05) is 24.3 Å². The number of benzene rings is 2. The van der Waals surface area contributed by atoms with E-state index in [4.69, 9.17) is 0 Å². The van der Waals surface area contributed by atoms with Crippen molar-refractivity contribution in [3.63, 3.8) is 0 Å². The highest BCUT2D eigenvalue weighted by Crippen LogP contribution is 2.28. The third kappa shape index (κ3) is 3.39. The molecule has 1 amide bonds. The van der Waals surface area contributed by atoms with E-state index in [1.807, 2.05) is 25.1 Å². The lowest BCUT2D eigenvalue weighted by Crippen LogP contribution is -2.29. The Labute approximate surface area is 148 Å². The number of nitrogens with zero attached hydrogens (tertiary/aromatic N) is 1. The molecule has 0 aromatic heterocycles. The maximum Gasteiger partial charge on any atom is 0.516 e. The second-order valence-corrected chi connectivity index (χ2v) is 7.69. The van der Waals surface area contributed by atoms with Crippen LogP contribution in [0, 0.1) is 6.92 Å². The molecule has 26 heavy (non-hydrogen) atoms. The highest BCUT2D eigenvalue weighted by Gasteiger charge is 2.46. The summed E-state index contributed by atoms with van der Waals surface area (Å²) in [5, 5.41) is 0. The van der Waals surface area contributed by atoms with Crippen molar-refractivity contribution in [3.05, 3.63) is 64.7 Å². The zero-order chi connectivity index (χ0) is 19.1. The number of anilines is 1. The van der Waals surface area contributed by atoms with E-state index in [2.05, 4.69) is 0 Å². The number of hydrogen-bond donors (Lipinski definition) is 1. The highest BCUT2D eigenvalue weighted by atomic mass is 32.2. The van der Waals surface area contributed by atoms with Crippen molar-refractivity contribution in [2.45, 2.75) is 25.5 Å². The molecule has 1 heterocycles. The lowest BCUT2D eigenvalue weighted by molar-refractivity contribution is -0.0429. The van der Waals surface area contributed by atoms with Gasteiger partial charge < -0.3 is 4.90 Å². The summed E-state index contributed by atoms with van der Waals surface area (Å²) in [5.41, 5.74) is -2.38. The first kappa shape index (κ1) is 18.2. The van der Waals surface area contributed by atoms with Crippen molar-refractivity contribution in [1.82, 2.24) is 4.90 Å². The van der Waals surface area contributed by atoms with E-state index in [1.165, 1.54) is 29.0 Å². The van der Waals surface area contributed by atoms with Crippen LogP contribution < -0.4 is 4.72 Å². The number of fused-ring (bicyclic) bond motifs is 1.